The number of methoxy groups -OCH3 is 1. The molecule has 0 radical (unpaired) electrons. The summed E-state index contributed by atoms with van der Waals surface area (Å²) < 4.78 is 10.7. The molecule has 1 aromatic rings. The van der Waals surface area contributed by atoms with E-state index in [0.29, 0.717) is 5.92 Å². The van der Waals surface area contributed by atoms with Gasteiger partial charge in [-0.05, 0) is 32.0 Å². The highest BCUT2D eigenvalue weighted by atomic mass is 16.5. The Kier molecular flexibility index (Phi) is 7.79. The number of furan rings is 1. The van der Waals surface area contributed by atoms with Gasteiger partial charge in [0.2, 0.25) is 0 Å². The zero-order chi connectivity index (χ0) is 14.1. The molecule has 4 heteroatoms. The second-order valence-corrected chi connectivity index (χ2v) is 5.48. The minimum absolute atomic E-state index is 0.673. The van der Waals surface area contributed by atoms with Gasteiger partial charge in [-0.1, -0.05) is 13.8 Å². The number of ether oxygens (including phenoxy) is 1. The fourth-order valence-corrected chi connectivity index (χ4v) is 1.96. The fraction of sp³-hybridized carbons (Fsp3) is 0.733. The average Bonchev–Trinajstić information content (AvgIpc) is 2.76. The van der Waals surface area contributed by atoms with E-state index in [1.807, 2.05) is 0 Å². The third-order valence-electron chi connectivity index (χ3n) is 3.01. The molecule has 0 unspecified atom stereocenters. The van der Waals surface area contributed by atoms with Crippen LogP contribution in [0, 0.1) is 5.92 Å². The molecule has 0 saturated carbocycles. The van der Waals surface area contributed by atoms with E-state index in [4.69, 9.17) is 9.15 Å². The molecule has 0 amide bonds. The lowest BCUT2D eigenvalue weighted by Gasteiger charge is -2.16. The van der Waals surface area contributed by atoms with Crippen molar-refractivity contribution in [3.05, 3.63) is 23.7 Å². The molecule has 19 heavy (non-hydrogen) atoms. The molecule has 1 aromatic heterocycles. The number of nitrogens with zero attached hydrogens (tertiary/aromatic N) is 1. The number of hydrogen-bond donors (Lipinski definition) is 1. The van der Waals surface area contributed by atoms with Gasteiger partial charge in [0, 0.05) is 32.4 Å². The second-order valence-electron chi connectivity index (χ2n) is 5.48. The van der Waals surface area contributed by atoms with Gasteiger partial charge < -0.3 is 14.5 Å². The second kappa shape index (κ2) is 9.13. The van der Waals surface area contributed by atoms with E-state index in [0.717, 1.165) is 45.0 Å². The molecule has 0 spiro atoms. The Morgan fingerprint density at radius 3 is 2.89 bits per heavy atom. The SMILES string of the molecule is COCCCN(C)Cc1occc1CNCC(C)C. The van der Waals surface area contributed by atoms with Crippen molar-refractivity contribution in [3.63, 3.8) is 0 Å². The van der Waals surface area contributed by atoms with Crippen LogP contribution in [0.4, 0.5) is 0 Å². The zero-order valence-corrected chi connectivity index (χ0v) is 12.7. The Morgan fingerprint density at radius 2 is 2.21 bits per heavy atom. The van der Waals surface area contributed by atoms with E-state index in [2.05, 4.69) is 37.2 Å². The first kappa shape index (κ1) is 16.2. The summed E-state index contributed by atoms with van der Waals surface area (Å²) in [5.74, 6) is 1.74. The highest BCUT2D eigenvalue weighted by Crippen LogP contribution is 2.13. The van der Waals surface area contributed by atoms with Gasteiger partial charge in [-0.15, -0.1) is 0 Å². The normalized spacial score (nSPS) is 11.7. The number of hydrogen-bond acceptors (Lipinski definition) is 4. The van der Waals surface area contributed by atoms with Crippen molar-refractivity contribution in [2.24, 2.45) is 5.92 Å². The summed E-state index contributed by atoms with van der Waals surface area (Å²) in [6.45, 7) is 9.04. The first-order valence-electron chi connectivity index (χ1n) is 7.07. The van der Waals surface area contributed by atoms with Crippen LogP contribution in [-0.2, 0) is 17.8 Å². The van der Waals surface area contributed by atoms with E-state index in [-0.39, 0.29) is 0 Å². The fourth-order valence-electron chi connectivity index (χ4n) is 1.96. The topological polar surface area (TPSA) is 37.6 Å². The maximum atomic E-state index is 5.59. The molecule has 1 N–H and O–H groups in total. The zero-order valence-electron chi connectivity index (χ0n) is 12.7. The molecule has 0 aliphatic rings. The summed E-state index contributed by atoms with van der Waals surface area (Å²) in [5.41, 5.74) is 1.26. The predicted molar refractivity (Wildman–Crippen MR) is 78.1 cm³/mol. The first-order valence-corrected chi connectivity index (χ1v) is 7.07. The Morgan fingerprint density at radius 1 is 1.42 bits per heavy atom. The van der Waals surface area contributed by atoms with Crippen molar-refractivity contribution in [1.29, 1.82) is 0 Å². The minimum Gasteiger partial charge on any atom is -0.468 e. The van der Waals surface area contributed by atoms with Crippen molar-refractivity contribution < 1.29 is 9.15 Å². The van der Waals surface area contributed by atoms with Gasteiger partial charge in [0.05, 0.1) is 12.8 Å². The van der Waals surface area contributed by atoms with Gasteiger partial charge in [-0.25, -0.2) is 0 Å². The van der Waals surface area contributed by atoms with Crippen molar-refractivity contribution in [1.82, 2.24) is 10.2 Å². The van der Waals surface area contributed by atoms with Crippen LogP contribution in [0.15, 0.2) is 16.7 Å². The van der Waals surface area contributed by atoms with Gasteiger partial charge in [0.1, 0.15) is 5.76 Å². The van der Waals surface area contributed by atoms with Crippen LogP contribution in [0.2, 0.25) is 0 Å². The minimum atomic E-state index is 0.673. The molecular formula is C15H28N2O2. The van der Waals surface area contributed by atoms with Gasteiger partial charge >= 0.3 is 0 Å². The molecule has 0 aliphatic carbocycles. The molecule has 1 rings (SSSR count). The van der Waals surface area contributed by atoms with Crippen LogP contribution in [0.3, 0.4) is 0 Å². The number of nitrogens with one attached hydrogen (secondary N) is 1. The van der Waals surface area contributed by atoms with E-state index >= 15 is 0 Å². The molecule has 0 aliphatic heterocycles. The van der Waals surface area contributed by atoms with Crippen molar-refractivity contribution in [3.8, 4) is 0 Å². The number of rotatable bonds is 10. The third kappa shape index (κ3) is 6.76. The lowest BCUT2D eigenvalue weighted by atomic mass is 10.2. The highest BCUT2D eigenvalue weighted by molar-refractivity contribution is 5.16. The molecular weight excluding hydrogens is 240 g/mol. The van der Waals surface area contributed by atoms with Crippen LogP contribution in [0.5, 0.6) is 0 Å². The van der Waals surface area contributed by atoms with Crippen LogP contribution in [0.1, 0.15) is 31.6 Å². The van der Waals surface area contributed by atoms with Crippen LogP contribution in [-0.4, -0.2) is 38.8 Å². The third-order valence-corrected chi connectivity index (χ3v) is 3.01. The van der Waals surface area contributed by atoms with Gasteiger partial charge in [0.25, 0.3) is 0 Å². The molecule has 110 valence electrons. The van der Waals surface area contributed by atoms with E-state index in [1.54, 1.807) is 13.4 Å². The van der Waals surface area contributed by atoms with Crippen molar-refractivity contribution >= 4 is 0 Å². The smallest absolute Gasteiger partial charge is 0.122 e. The summed E-state index contributed by atoms with van der Waals surface area (Å²) in [6.07, 6.45) is 2.83. The largest absolute Gasteiger partial charge is 0.468 e. The lowest BCUT2D eigenvalue weighted by Crippen LogP contribution is -2.22. The van der Waals surface area contributed by atoms with Crippen LogP contribution >= 0.6 is 0 Å². The predicted octanol–water partition coefficient (Wildman–Crippen LogP) is 2.49. The van der Waals surface area contributed by atoms with E-state index in [9.17, 15) is 0 Å². The summed E-state index contributed by atoms with van der Waals surface area (Å²) in [6, 6.07) is 2.06. The average molecular weight is 268 g/mol. The monoisotopic (exact) mass is 268 g/mol. The van der Waals surface area contributed by atoms with Crippen LogP contribution < -0.4 is 5.32 Å². The summed E-state index contributed by atoms with van der Waals surface area (Å²) in [4.78, 5) is 2.27. The van der Waals surface area contributed by atoms with E-state index < -0.39 is 0 Å². The van der Waals surface area contributed by atoms with E-state index in [1.165, 1.54) is 5.56 Å². The lowest BCUT2D eigenvalue weighted by molar-refractivity contribution is 0.175. The maximum Gasteiger partial charge on any atom is 0.122 e. The first-order chi connectivity index (χ1) is 9.13. The van der Waals surface area contributed by atoms with Crippen molar-refractivity contribution in [2.45, 2.75) is 33.4 Å². The molecule has 1 heterocycles. The Balaban J connectivity index is 2.35. The Labute approximate surface area is 117 Å². The van der Waals surface area contributed by atoms with Crippen LogP contribution in [0.25, 0.3) is 0 Å². The molecule has 0 aromatic carbocycles. The highest BCUT2D eigenvalue weighted by Gasteiger charge is 2.09. The summed E-state index contributed by atoms with van der Waals surface area (Å²) in [5, 5.41) is 3.45. The molecule has 0 atom stereocenters. The Bertz CT molecular complexity index is 337. The van der Waals surface area contributed by atoms with Gasteiger partial charge in [-0.3, -0.25) is 4.90 Å². The quantitative estimate of drug-likeness (QED) is 0.662. The molecule has 0 bridgehead atoms. The molecule has 4 nitrogen and oxygen atoms in total. The van der Waals surface area contributed by atoms with Crippen molar-refractivity contribution in [2.75, 3.05) is 33.9 Å². The molecule has 0 fully saturated rings. The molecule has 0 saturated heterocycles. The Hall–Kier alpha value is -0.840. The maximum absolute atomic E-state index is 5.59. The van der Waals surface area contributed by atoms with Gasteiger partial charge in [-0.2, -0.15) is 0 Å². The summed E-state index contributed by atoms with van der Waals surface area (Å²) in [7, 11) is 3.86. The standard InChI is InChI=1S/C15H28N2O2/c1-13(2)10-16-11-14-6-9-19-15(14)12-17(3)7-5-8-18-4/h6,9,13,16H,5,7-8,10-12H2,1-4H3. The van der Waals surface area contributed by atoms with Gasteiger partial charge in [0.15, 0.2) is 0 Å². The summed E-state index contributed by atoms with van der Waals surface area (Å²) >= 11 is 0.